The van der Waals surface area contributed by atoms with Crippen molar-refractivity contribution in [1.82, 2.24) is 10.2 Å². The van der Waals surface area contributed by atoms with E-state index in [1.54, 1.807) is 41.3 Å². The number of anilines is 1. The molecule has 1 N–H and O–H groups in total. The van der Waals surface area contributed by atoms with Crippen LogP contribution in [-0.4, -0.2) is 41.6 Å². The van der Waals surface area contributed by atoms with Gasteiger partial charge in [0, 0.05) is 24.2 Å². The van der Waals surface area contributed by atoms with Gasteiger partial charge in [0.1, 0.15) is 0 Å². The molecule has 7 heteroatoms. The van der Waals surface area contributed by atoms with Crippen LogP contribution in [0.1, 0.15) is 45.5 Å². The summed E-state index contributed by atoms with van der Waals surface area (Å²) < 4.78 is 0. The summed E-state index contributed by atoms with van der Waals surface area (Å²) in [5.74, 6) is -0.784. The average molecular weight is 482 g/mol. The molecule has 3 aromatic carbocycles. The highest BCUT2D eigenvalue weighted by atomic mass is 16.2. The van der Waals surface area contributed by atoms with Gasteiger partial charge in [-0.3, -0.25) is 19.3 Å². The number of nitrogens with zero attached hydrogens (tertiary/aromatic N) is 2. The van der Waals surface area contributed by atoms with E-state index in [1.807, 2.05) is 50.2 Å². The quantitative estimate of drug-likeness (QED) is 0.424. The van der Waals surface area contributed by atoms with E-state index in [0.29, 0.717) is 29.7 Å². The van der Waals surface area contributed by atoms with Crippen molar-refractivity contribution < 1.29 is 19.2 Å². The number of carbonyl (C=O) groups is 4. The largest absolute Gasteiger partial charge is 0.325 e. The first-order valence-electron chi connectivity index (χ1n) is 12.0. The van der Waals surface area contributed by atoms with E-state index >= 15 is 0 Å². The lowest BCUT2D eigenvalue weighted by Crippen LogP contribution is -2.45. The molecule has 0 spiro atoms. The van der Waals surface area contributed by atoms with E-state index in [1.165, 1.54) is 0 Å². The van der Waals surface area contributed by atoms with Crippen molar-refractivity contribution in [2.24, 2.45) is 0 Å². The molecule has 2 aliphatic rings. The predicted molar refractivity (Wildman–Crippen MR) is 136 cm³/mol. The highest BCUT2D eigenvalue weighted by Gasteiger charge is 2.54. The van der Waals surface area contributed by atoms with Crippen LogP contribution >= 0.6 is 0 Å². The average Bonchev–Trinajstić information content (AvgIpc) is 3.43. The summed E-state index contributed by atoms with van der Waals surface area (Å²) >= 11 is 0. The van der Waals surface area contributed by atoms with Gasteiger partial charge in [-0.1, -0.05) is 48.5 Å². The maximum Gasteiger partial charge on any atom is 0.325 e. The van der Waals surface area contributed by atoms with E-state index in [-0.39, 0.29) is 18.2 Å². The summed E-state index contributed by atoms with van der Waals surface area (Å²) in [5, 5.41) is 2.90. The molecule has 1 atom stereocenters. The Hall–Kier alpha value is -4.26. The highest BCUT2D eigenvalue weighted by molar-refractivity contribution is 6.13. The van der Waals surface area contributed by atoms with Gasteiger partial charge in [-0.05, 0) is 66.8 Å². The predicted octanol–water partition coefficient (Wildman–Crippen LogP) is 4.11. The number of nitrogens with one attached hydrogen (secondary N) is 1. The molecule has 1 unspecified atom stereocenters. The van der Waals surface area contributed by atoms with E-state index in [2.05, 4.69) is 5.32 Å². The minimum absolute atomic E-state index is 0.0667. The number of ketones is 1. The lowest BCUT2D eigenvalue weighted by atomic mass is 9.81. The van der Waals surface area contributed by atoms with Crippen LogP contribution in [-0.2, 0) is 15.1 Å². The molecule has 7 nitrogen and oxygen atoms in total. The number of Topliss-reactive ketones (excluding diaryl/α,β-unsaturated/α-hetero) is 1. The Kier molecular flexibility index (Phi) is 5.92. The Morgan fingerprint density at radius 1 is 0.889 bits per heavy atom. The number of hydrogen-bond donors (Lipinski definition) is 1. The summed E-state index contributed by atoms with van der Waals surface area (Å²) in [7, 11) is 0. The van der Waals surface area contributed by atoms with Crippen molar-refractivity contribution in [1.29, 1.82) is 0 Å². The van der Waals surface area contributed by atoms with Gasteiger partial charge in [0.25, 0.3) is 5.91 Å². The monoisotopic (exact) mass is 481 g/mol. The second-order valence-corrected chi connectivity index (χ2v) is 9.36. The Morgan fingerprint density at radius 2 is 1.61 bits per heavy atom. The van der Waals surface area contributed by atoms with Crippen LogP contribution < -0.4 is 10.2 Å². The lowest BCUT2D eigenvalue weighted by Gasteiger charge is -2.28. The van der Waals surface area contributed by atoms with Crippen molar-refractivity contribution in [2.45, 2.75) is 32.2 Å². The maximum absolute atomic E-state index is 13.9. The van der Waals surface area contributed by atoms with Crippen molar-refractivity contribution in [2.75, 3.05) is 18.0 Å². The summed E-state index contributed by atoms with van der Waals surface area (Å²) in [6.07, 6.45) is 1.34. The minimum Gasteiger partial charge on any atom is -0.315 e. The molecule has 2 heterocycles. The number of benzene rings is 3. The van der Waals surface area contributed by atoms with Gasteiger partial charge < -0.3 is 10.2 Å². The van der Waals surface area contributed by atoms with Gasteiger partial charge in [-0.2, -0.15) is 0 Å². The molecular weight excluding hydrogens is 454 g/mol. The molecule has 0 bridgehead atoms. The van der Waals surface area contributed by atoms with Crippen molar-refractivity contribution in [3.05, 3.63) is 101 Å². The van der Waals surface area contributed by atoms with E-state index in [9.17, 15) is 19.2 Å². The number of rotatable bonds is 6. The molecule has 4 amide bonds. The van der Waals surface area contributed by atoms with Crippen molar-refractivity contribution in [3.63, 3.8) is 0 Å². The second-order valence-electron chi connectivity index (χ2n) is 9.36. The Morgan fingerprint density at radius 3 is 2.25 bits per heavy atom. The van der Waals surface area contributed by atoms with E-state index in [0.717, 1.165) is 28.1 Å². The standard InChI is InChI=1S/C29H27N3O4/c1-19-10-13-23(17-20(19)2)29(22-7-4-3-5-8-22)27(35)32(28(36)30-29)18-25(33)21-11-14-24(15-12-21)31-16-6-9-26(31)34/h3-5,7-8,10-15,17H,6,9,16,18H2,1-2H3,(H,30,36). The molecule has 2 saturated heterocycles. The molecule has 3 aromatic rings. The third-order valence-electron chi connectivity index (χ3n) is 7.13. The number of urea groups is 1. The molecule has 0 aromatic heterocycles. The number of aryl methyl sites for hydroxylation is 2. The number of amides is 4. The second kappa shape index (κ2) is 9.07. The smallest absolute Gasteiger partial charge is 0.315 e. The van der Waals surface area contributed by atoms with Crippen LogP contribution in [0.5, 0.6) is 0 Å². The first kappa shape index (κ1) is 23.5. The van der Waals surface area contributed by atoms with Gasteiger partial charge in [-0.25, -0.2) is 4.79 Å². The fourth-order valence-corrected chi connectivity index (χ4v) is 4.92. The zero-order chi connectivity index (χ0) is 25.4. The number of imide groups is 1. The van der Waals surface area contributed by atoms with Gasteiger partial charge in [-0.15, -0.1) is 0 Å². The third kappa shape index (κ3) is 3.86. The van der Waals surface area contributed by atoms with E-state index in [4.69, 9.17) is 0 Å². The molecule has 0 aliphatic carbocycles. The molecule has 182 valence electrons. The molecule has 2 fully saturated rings. The molecule has 2 aliphatic heterocycles. The maximum atomic E-state index is 13.9. The number of carbonyl (C=O) groups excluding carboxylic acids is 4. The molecule has 0 saturated carbocycles. The normalized spacial score (nSPS) is 19.7. The Balaban J connectivity index is 1.44. The lowest BCUT2D eigenvalue weighted by molar-refractivity contribution is -0.130. The third-order valence-corrected chi connectivity index (χ3v) is 7.13. The van der Waals surface area contributed by atoms with Gasteiger partial charge >= 0.3 is 6.03 Å². The topological polar surface area (TPSA) is 86.8 Å². The highest BCUT2D eigenvalue weighted by Crippen LogP contribution is 2.37. The van der Waals surface area contributed by atoms with Gasteiger partial charge in [0.15, 0.2) is 11.3 Å². The van der Waals surface area contributed by atoms with Crippen LogP contribution in [0.2, 0.25) is 0 Å². The Bertz CT molecular complexity index is 1370. The summed E-state index contributed by atoms with van der Waals surface area (Å²) in [6.45, 7) is 4.22. The molecule has 36 heavy (non-hydrogen) atoms. The summed E-state index contributed by atoms with van der Waals surface area (Å²) in [4.78, 5) is 54.8. The number of hydrogen-bond acceptors (Lipinski definition) is 4. The molecule has 5 rings (SSSR count). The van der Waals surface area contributed by atoms with Gasteiger partial charge in [0.2, 0.25) is 5.91 Å². The minimum atomic E-state index is -1.42. The van der Waals surface area contributed by atoms with Crippen molar-refractivity contribution >= 4 is 29.3 Å². The van der Waals surface area contributed by atoms with Crippen LogP contribution in [0.4, 0.5) is 10.5 Å². The molecular formula is C29H27N3O4. The van der Waals surface area contributed by atoms with Crippen LogP contribution in [0.25, 0.3) is 0 Å². The van der Waals surface area contributed by atoms with Crippen molar-refractivity contribution in [3.8, 4) is 0 Å². The van der Waals surface area contributed by atoms with E-state index < -0.39 is 17.5 Å². The van der Waals surface area contributed by atoms with Crippen LogP contribution in [0.15, 0.2) is 72.8 Å². The first-order chi connectivity index (χ1) is 17.3. The fraction of sp³-hybridized carbons (Fsp3) is 0.241. The fourth-order valence-electron chi connectivity index (χ4n) is 4.92. The SMILES string of the molecule is Cc1ccc(C2(c3ccccc3)NC(=O)N(CC(=O)c3ccc(N4CCCC4=O)cc3)C2=O)cc1C. The van der Waals surface area contributed by atoms with Crippen LogP contribution in [0, 0.1) is 13.8 Å². The molecule has 0 radical (unpaired) electrons. The summed E-state index contributed by atoms with van der Waals surface area (Å²) in [5.41, 5.74) is 3.03. The van der Waals surface area contributed by atoms with Gasteiger partial charge in [0.05, 0.1) is 6.54 Å². The zero-order valence-electron chi connectivity index (χ0n) is 20.3. The zero-order valence-corrected chi connectivity index (χ0v) is 20.3. The van der Waals surface area contributed by atoms with Crippen LogP contribution in [0.3, 0.4) is 0 Å². The first-order valence-corrected chi connectivity index (χ1v) is 12.0. The summed E-state index contributed by atoms with van der Waals surface area (Å²) in [6, 6.07) is 20.9. The Labute approximate surface area is 209 Å².